The van der Waals surface area contributed by atoms with E-state index in [-0.39, 0.29) is 18.1 Å². The molecule has 0 radical (unpaired) electrons. The number of ether oxygens (including phenoxy) is 1. The highest BCUT2D eigenvalue weighted by molar-refractivity contribution is 5.69. The van der Waals surface area contributed by atoms with Crippen molar-refractivity contribution in [1.29, 1.82) is 0 Å². The van der Waals surface area contributed by atoms with Crippen LogP contribution in [0, 0.1) is 24.7 Å². The third-order valence-corrected chi connectivity index (χ3v) is 5.63. The highest BCUT2D eigenvalue weighted by atomic mass is 16.5. The maximum atomic E-state index is 12.2. The van der Waals surface area contributed by atoms with Gasteiger partial charge in [-0.3, -0.25) is 14.0 Å². The van der Waals surface area contributed by atoms with E-state index in [1.54, 1.807) is 10.5 Å². The predicted molar refractivity (Wildman–Crippen MR) is 89.6 cm³/mol. The molecule has 5 nitrogen and oxygen atoms in total. The van der Waals surface area contributed by atoms with Crippen LogP contribution in [0.3, 0.4) is 0 Å². The predicted octanol–water partition coefficient (Wildman–Crippen LogP) is 2.87. The van der Waals surface area contributed by atoms with Gasteiger partial charge in [0.1, 0.15) is 12.3 Å². The Morgan fingerprint density at radius 2 is 2.21 bits per heavy atom. The number of carbonyl (C=O) groups excluding carboxylic acids is 1. The summed E-state index contributed by atoms with van der Waals surface area (Å²) in [5, 5.41) is 0. The van der Waals surface area contributed by atoms with Crippen molar-refractivity contribution in [3.8, 4) is 0 Å². The summed E-state index contributed by atoms with van der Waals surface area (Å²) >= 11 is 0. The molecule has 2 aliphatic rings. The SMILES string of the molecule is Cc1cccc2nc(COC(=O)C[C@@H]3C[C@H]4CC[C@@H]3C4)cc(=O)n12. The first-order chi connectivity index (χ1) is 11.6. The topological polar surface area (TPSA) is 60.7 Å². The van der Waals surface area contributed by atoms with Gasteiger partial charge in [-0.2, -0.15) is 0 Å². The molecule has 2 aromatic rings. The molecule has 0 N–H and O–H groups in total. The van der Waals surface area contributed by atoms with E-state index < -0.39 is 0 Å². The Hall–Kier alpha value is -2.17. The fourth-order valence-corrected chi connectivity index (χ4v) is 4.49. The highest BCUT2D eigenvalue weighted by Gasteiger charge is 2.40. The molecule has 3 atom stereocenters. The Labute approximate surface area is 140 Å². The molecule has 0 amide bonds. The van der Waals surface area contributed by atoms with Crippen LogP contribution in [0.25, 0.3) is 5.65 Å². The summed E-state index contributed by atoms with van der Waals surface area (Å²) in [4.78, 5) is 28.8. The van der Waals surface area contributed by atoms with Gasteiger partial charge >= 0.3 is 5.97 Å². The number of rotatable bonds is 4. The molecular weight excluding hydrogens is 304 g/mol. The van der Waals surface area contributed by atoms with Crippen LogP contribution in [0.5, 0.6) is 0 Å². The van der Waals surface area contributed by atoms with Crippen molar-refractivity contribution < 1.29 is 9.53 Å². The molecule has 0 unspecified atom stereocenters. The molecule has 24 heavy (non-hydrogen) atoms. The zero-order chi connectivity index (χ0) is 16.7. The molecule has 4 rings (SSSR count). The summed E-state index contributed by atoms with van der Waals surface area (Å²) in [6, 6.07) is 6.97. The lowest BCUT2D eigenvalue weighted by Gasteiger charge is -2.20. The Kier molecular flexibility index (Phi) is 3.87. The van der Waals surface area contributed by atoms with Gasteiger partial charge in [0.15, 0.2) is 0 Å². The Morgan fingerprint density at radius 1 is 1.33 bits per heavy atom. The van der Waals surface area contributed by atoms with Crippen molar-refractivity contribution in [3.63, 3.8) is 0 Å². The first-order valence-electron chi connectivity index (χ1n) is 8.74. The minimum Gasteiger partial charge on any atom is -0.459 e. The summed E-state index contributed by atoms with van der Waals surface area (Å²) < 4.78 is 6.94. The molecule has 0 aromatic carbocycles. The van der Waals surface area contributed by atoms with Crippen molar-refractivity contribution >= 4 is 11.6 Å². The zero-order valence-electron chi connectivity index (χ0n) is 13.9. The number of hydrogen-bond acceptors (Lipinski definition) is 4. The molecule has 0 aliphatic heterocycles. The van der Waals surface area contributed by atoms with Crippen LogP contribution in [0.2, 0.25) is 0 Å². The van der Waals surface area contributed by atoms with Crippen molar-refractivity contribution in [1.82, 2.24) is 9.38 Å². The second-order valence-electron chi connectivity index (χ2n) is 7.25. The van der Waals surface area contributed by atoms with Crippen LogP contribution in [-0.4, -0.2) is 15.4 Å². The average molecular weight is 326 g/mol. The van der Waals surface area contributed by atoms with Crippen LogP contribution in [-0.2, 0) is 16.1 Å². The number of carbonyl (C=O) groups is 1. The number of fused-ring (bicyclic) bond motifs is 3. The fourth-order valence-electron chi connectivity index (χ4n) is 4.49. The van der Waals surface area contributed by atoms with Crippen LogP contribution in [0.1, 0.15) is 43.5 Å². The number of aromatic nitrogens is 2. The number of esters is 1. The van der Waals surface area contributed by atoms with Crippen molar-refractivity contribution in [3.05, 3.63) is 46.0 Å². The molecule has 126 valence electrons. The van der Waals surface area contributed by atoms with Crippen molar-refractivity contribution in [2.24, 2.45) is 17.8 Å². The Morgan fingerprint density at radius 3 is 2.96 bits per heavy atom. The summed E-state index contributed by atoms with van der Waals surface area (Å²) in [5.74, 6) is 1.88. The summed E-state index contributed by atoms with van der Waals surface area (Å²) in [5.41, 5.74) is 1.79. The monoisotopic (exact) mass is 326 g/mol. The van der Waals surface area contributed by atoms with Gasteiger partial charge in [0.05, 0.1) is 5.69 Å². The first-order valence-corrected chi connectivity index (χ1v) is 8.74. The molecule has 5 heteroatoms. The molecule has 0 spiro atoms. The largest absolute Gasteiger partial charge is 0.459 e. The average Bonchev–Trinajstić information content (AvgIpc) is 3.15. The zero-order valence-corrected chi connectivity index (χ0v) is 13.9. The van der Waals surface area contributed by atoms with Gasteiger partial charge in [-0.15, -0.1) is 0 Å². The number of nitrogens with zero attached hydrogens (tertiary/aromatic N) is 2. The number of pyridine rings is 1. The number of aryl methyl sites for hydroxylation is 1. The molecule has 2 saturated carbocycles. The van der Waals surface area contributed by atoms with Gasteiger partial charge in [-0.05, 0) is 56.1 Å². The van der Waals surface area contributed by atoms with Gasteiger partial charge in [-0.25, -0.2) is 4.98 Å². The van der Waals surface area contributed by atoms with E-state index in [0.29, 0.717) is 29.6 Å². The lowest BCUT2D eigenvalue weighted by Crippen LogP contribution is -2.19. The third-order valence-electron chi connectivity index (χ3n) is 5.63. The van der Waals surface area contributed by atoms with E-state index in [1.807, 2.05) is 19.1 Å². The minimum absolute atomic E-state index is 0.0688. The molecular formula is C19H22N2O3. The van der Waals surface area contributed by atoms with Gasteiger partial charge in [-0.1, -0.05) is 12.5 Å². The third kappa shape index (κ3) is 2.83. The standard InChI is InChI=1S/C19H22N2O3/c1-12-3-2-4-17-20-16(10-18(22)21(12)17)11-24-19(23)9-15-8-13-5-6-14(15)7-13/h2-4,10,13-15H,5-9,11H2,1H3/t13-,14+,15-/m0/s1. The second kappa shape index (κ2) is 6.04. The van der Waals surface area contributed by atoms with Gasteiger partial charge in [0.25, 0.3) is 5.56 Å². The van der Waals surface area contributed by atoms with Gasteiger partial charge in [0.2, 0.25) is 0 Å². The van der Waals surface area contributed by atoms with Crippen LogP contribution < -0.4 is 5.56 Å². The van der Waals surface area contributed by atoms with Crippen LogP contribution >= 0.6 is 0 Å². The van der Waals surface area contributed by atoms with Gasteiger partial charge in [0, 0.05) is 18.2 Å². The van der Waals surface area contributed by atoms with E-state index in [9.17, 15) is 9.59 Å². The normalized spacial score (nSPS) is 25.3. The summed E-state index contributed by atoms with van der Waals surface area (Å²) in [6.45, 7) is 1.93. The Bertz CT molecular complexity index is 842. The maximum absolute atomic E-state index is 12.2. The molecule has 2 bridgehead atoms. The van der Waals surface area contributed by atoms with Crippen LogP contribution in [0.15, 0.2) is 29.1 Å². The highest BCUT2D eigenvalue weighted by Crippen LogP contribution is 2.49. The maximum Gasteiger partial charge on any atom is 0.306 e. The van der Waals surface area contributed by atoms with Crippen molar-refractivity contribution in [2.75, 3.05) is 0 Å². The van der Waals surface area contributed by atoms with Crippen molar-refractivity contribution in [2.45, 2.75) is 45.6 Å². The van der Waals surface area contributed by atoms with E-state index in [1.165, 1.54) is 31.7 Å². The summed E-state index contributed by atoms with van der Waals surface area (Å²) in [7, 11) is 0. The van der Waals surface area contributed by atoms with E-state index in [0.717, 1.165) is 11.6 Å². The second-order valence-corrected chi connectivity index (χ2v) is 7.25. The minimum atomic E-state index is -0.168. The first kappa shape index (κ1) is 15.4. The van der Waals surface area contributed by atoms with Crippen LogP contribution in [0.4, 0.5) is 0 Å². The number of hydrogen-bond donors (Lipinski definition) is 0. The molecule has 2 heterocycles. The molecule has 2 fully saturated rings. The Balaban J connectivity index is 1.41. The summed E-state index contributed by atoms with van der Waals surface area (Å²) in [6.07, 6.45) is 5.58. The van der Waals surface area contributed by atoms with E-state index >= 15 is 0 Å². The van der Waals surface area contributed by atoms with E-state index in [2.05, 4.69) is 4.98 Å². The smallest absolute Gasteiger partial charge is 0.306 e. The lowest BCUT2D eigenvalue weighted by atomic mass is 9.86. The lowest BCUT2D eigenvalue weighted by molar-refractivity contribution is -0.146. The molecule has 0 saturated heterocycles. The molecule has 2 aromatic heterocycles. The quantitative estimate of drug-likeness (QED) is 0.811. The molecule has 2 aliphatic carbocycles. The van der Waals surface area contributed by atoms with Gasteiger partial charge < -0.3 is 4.74 Å². The fraction of sp³-hybridized carbons (Fsp3) is 0.526. The van der Waals surface area contributed by atoms with E-state index in [4.69, 9.17) is 4.74 Å².